The van der Waals surface area contributed by atoms with Gasteiger partial charge in [0.05, 0.1) is 25.3 Å². The molecular formula is C11H12Cl2O3. The van der Waals surface area contributed by atoms with Gasteiger partial charge >= 0.3 is 0 Å². The van der Waals surface area contributed by atoms with Gasteiger partial charge in [0.2, 0.25) is 0 Å². The highest BCUT2D eigenvalue weighted by atomic mass is 35.5. The molecule has 2 rings (SSSR count). The zero-order valence-electron chi connectivity index (χ0n) is 9.05. The summed E-state index contributed by atoms with van der Waals surface area (Å²) in [6.07, 6.45) is 0. The number of benzene rings is 1. The van der Waals surface area contributed by atoms with E-state index in [1.54, 1.807) is 26.4 Å². The molecule has 0 bridgehead atoms. The van der Waals surface area contributed by atoms with Gasteiger partial charge in [0, 0.05) is 17.7 Å². The molecule has 0 aliphatic carbocycles. The Morgan fingerprint density at radius 2 is 1.94 bits per heavy atom. The highest BCUT2D eigenvalue weighted by Crippen LogP contribution is 2.43. The lowest BCUT2D eigenvalue weighted by Crippen LogP contribution is -2.48. The maximum absolute atomic E-state index is 6.07. The van der Waals surface area contributed by atoms with Crippen LogP contribution >= 0.6 is 23.2 Å². The molecule has 1 aliphatic rings. The van der Waals surface area contributed by atoms with Gasteiger partial charge in [-0.15, -0.1) is 0 Å². The predicted molar refractivity (Wildman–Crippen MR) is 62.5 cm³/mol. The van der Waals surface area contributed by atoms with Crippen LogP contribution in [-0.4, -0.2) is 27.4 Å². The standard InChI is InChI=1S/C11H12Cl2O3/c1-14-10-8(3-7(12)4-9(10)13)11(15-2)5-16-6-11/h3-4H,5-6H2,1-2H3. The van der Waals surface area contributed by atoms with Crippen molar-refractivity contribution >= 4 is 23.2 Å². The molecule has 1 saturated heterocycles. The van der Waals surface area contributed by atoms with E-state index in [4.69, 9.17) is 37.4 Å². The van der Waals surface area contributed by atoms with Crippen LogP contribution in [0.25, 0.3) is 0 Å². The van der Waals surface area contributed by atoms with E-state index in [1.165, 1.54) is 0 Å². The van der Waals surface area contributed by atoms with Crippen LogP contribution in [0.15, 0.2) is 12.1 Å². The van der Waals surface area contributed by atoms with E-state index in [2.05, 4.69) is 0 Å². The van der Waals surface area contributed by atoms with Crippen molar-refractivity contribution in [1.82, 2.24) is 0 Å². The summed E-state index contributed by atoms with van der Waals surface area (Å²) in [5.74, 6) is 0.594. The molecule has 1 aliphatic heterocycles. The molecule has 1 aromatic carbocycles. The average molecular weight is 263 g/mol. The van der Waals surface area contributed by atoms with Crippen molar-refractivity contribution in [2.24, 2.45) is 0 Å². The molecule has 0 spiro atoms. The van der Waals surface area contributed by atoms with Crippen molar-refractivity contribution < 1.29 is 14.2 Å². The summed E-state index contributed by atoms with van der Waals surface area (Å²) < 4.78 is 16.0. The van der Waals surface area contributed by atoms with Gasteiger partial charge in [-0.1, -0.05) is 23.2 Å². The van der Waals surface area contributed by atoms with Crippen LogP contribution < -0.4 is 4.74 Å². The molecule has 0 amide bonds. The van der Waals surface area contributed by atoms with Gasteiger partial charge in [0.1, 0.15) is 11.4 Å². The molecule has 5 heteroatoms. The van der Waals surface area contributed by atoms with Crippen molar-refractivity contribution in [3.8, 4) is 5.75 Å². The number of hydrogen-bond acceptors (Lipinski definition) is 3. The quantitative estimate of drug-likeness (QED) is 0.839. The smallest absolute Gasteiger partial charge is 0.143 e. The molecule has 1 fully saturated rings. The van der Waals surface area contributed by atoms with Crippen molar-refractivity contribution in [1.29, 1.82) is 0 Å². The lowest BCUT2D eigenvalue weighted by molar-refractivity contribution is -0.203. The maximum Gasteiger partial charge on any atom is 0.143 e. The van der Waals surface area contributed by atoms with Gasteiger partial charge in [-0.25, -0.2) is 0 Å². The van der Waals surface area contributed by atoms with E-state index in [-0.39, 0.29) is 0 Å². The molecule has 1 heterocycles. The molecule has 88 valence electrons. The Morgan fingerprint density at radius 3 is 2.38 bits per heavy atom. The number of methoxy groups -OCH3 is 2. The first-order chi connectivity index (χ1) is 7.63. The van der Waals surface area contributed by atoms with Crippen molar-refractivity contribution in [3.05, 3.63) is 27.7 Å². The highest BCUT2D eigenvalue weighted by molar-refractivity contribution is 6.35. The Kier molecular flexibility index (Phi) is 3.31. The van der Waals surface area contributed by atoms with E-state index in [9.17, 15) is 0 Å². The second-order valence-corrected chi connectivity index (χ2v) is 4.50. The molecule has 0 unspecified atom stereocenters. The molecule has 0 aromatic heterocycles. The third-order valence-electron chi connectivity index (χ3n) is 2.76. The maximum atomic E-state index is 6.07. The summed E-state index contributed by atoms with van der Waals surface area (Å²) in [5.41, 5.74) is 0.348. The first-order valence-electron chi connectivity index (χ1n) is 4.79. The van der Waals surface area contributed by atoms with Crippen LogP contribution in [0.4, 0.5) is 0 Å². The average Bonchev–Trinajstić information content (AvgIpc) is 2.16. The van der Waals surface area contributed by atoms with Crippen molar-refractivity contribution in [2.75, 3.05) is 27.4 Å². The SMILES string of the molecule is COc1c(Cl)cc(Cl)cc1C1(OC)COC1. The fourth-order valence-corrected chi connectivity index (χ4v) is 2.35. The molecular weight excluding hydrogens is 251 g/mol. The predicted octanol–water partition coefficient (Wildman–Crippen LogP) is 2.87. The minimum atomic E-state index is -0.486. The van der Waals surface area contributed by atoms with Gasteiger partial charge in [0.25, 0.3) is 0 Å². The summed E-state index contributed by atoms with van der Waals surface area (Å²) in [6, 6.07) is 3.45. The molecule has 3 nitrogen and oxygen atoms in total. The van der Waals surface area contributed by atoms with Crippen molar-refractivity contribution in [3.63, 3.8) is 0 Å². The summed E-state index contributed by atoms with van der Waals surface area (Å²) >= 11 is 12.1. The monoisotopic (exact) mass is 262 g/mol. The minimum absolute atomic E-state index is 0.480. The van der Waals surface area contributed by atoms with Gasteiger partial charge in [0.15, 0.2) is 0 Å². The van der Waals surface area contributed by atoms with Crippen LogP contribution in [-0.2, 0) is 15.1 Å². The Morgan fingerprint density at radius 1 is 1.25 bits per heavy atom. The number of hydrogen-bond donors (Lipinski definition) is 0. The van der Waals surface area contributed by atoms with Crippen LogP contribution in [0.3, 0.4) is 0 Å². The summed E-state index contributed by atoms with van der Waals surface area (Å²) in [4.78, 5) is 0. The Labute approximate surface area is 104 Å². The molecule has 0 atom stereocenters. The first-order valence-corrected chi connectivity index (χ1v) is 5.55. The van der Waals surface area contributed by atoms with Crippen LogP contribution in [0.2, 0.25) is 10.0 Å². The fourth-order valence-electron chi connectivity index (χ4n) is 1.78. The first kappa shape index (κ1) is 12.0. The Bertz CT molecular complexity index is 397. The molecule has 0 N–H and O–H groups in total. The van der Waals surface area contributed by atoms with E-state index >= 15 is 0 Å². The third-order valence-corrected chi connectivity index (χ3v) is 3.26. The molecule has 0 saturated carbocycles. The van der Waals surface area contributed by atoms with Crippen LogP contribution in [0, 0.1) is 0 Å². The zero-order chi connectivity index (χ0) is 11.8. The highest BCUT2D eigenvalue weighted by Gasteiger charge is 2.43. The van der Waals surface area contributed by atoms with Gasteiger partial charge in [-0.3, -0.25) is 0 Å². The molecule has 16 heavy (non-hydrogen) atoms. The number of rotatable bonds is 3. The topological polar surface area (TPSA) is 27.7 Å². The normalized spacial score (nSPS) is 18.0. The zero-order valence-corrected chi connectivity index (χ0v) is 10.6. The summed E-state index contributed by atoms with van der Waals surface area (Å²) in [6.45, 7) is 0.965. The van der Waals surface area contributed by atoms with Crippen LogP contribution in [0.5, 0.6) is 5.75 Å². The van der Waals surface area contributed by atoms with E-state index in [0.29, 0.717) is 29.0 Å². The second-order valence-electron chi connectivity index (χ2n) is 3.66. The van der Waals surface area contributed by atoms with Crippen molar-refractivity contribution in [2.45, 2.75) is 5.60 Å². The minimum Gasteiger partial charge on any atom is -0.495 e. The van der Waals surface area contributed by atoms with Crippen LogP contribution in [0.1, 0.15) is 5.56 Å². The van der Waals surface area contributed by atoms with E-state index < -0.39 is 5.60 Å². The van der Waals surface area contributed by atoms with E-state index in [1.807, 2.05) is 0 Å². The van der Waals surface area contributed by atoms with Gasteiger partial charge < -0.3 is 14.2 Å². The van der Waals surface area contributed by atoms with E-state index in [0.717, 1.165) is 5.56 Å². The lowest BCUT2D eigenvalue weighted by Gasteiger charge is -2.41. The number of halogens is 2. The third kappa shape index (κ3) is 1.78. The van der Waals surface area contributed by atoms with Gasteiger partial charge in [-0.2, -0.15) is 0 Å². The Hall–Kier alpha value is -0.480. The largest absolute Gasteiger partial charge is 0.495 e. The number of ether oxygens (including phenoxy) is 3. The molecule has 0 radical (unpaired) electrons. The molecule has 1 aromatic rings. The summed E-state index contributed by atoms with van der Waals surface area (Å²) in [7, 11) is 3.21. The Balaban J connectivity index is 2.53. The lowest BCUT2D eigenvalue weighted by atomic mass is 9.91. The van der Waals surface area contributed by atoms with Gasteiger partial charge in [-0.05, 0) is 12.1 Å². The summed E-state index contributed by atoms with van der Waals surface area (Å²) in [5, 5.41) is 1.04. The second kappa shape index (κ2) is 4.41. The fraction of sp³-hybridized carbons (Fsp3) is 0.455.